The van der Waals surface area contributed by atoms with Crippen LogP contribution in [-0.4, -0.2) is 38.9 Å². The van der Waals surface area contributed by atoms with Gasteiger partial charge in [0.15, 0.2) is 0 Å². The van der Waals surface area contributed by atoms with Crippen LogP contribution in [0.4, 0.5) is 0 Å². The first kappa shape index (κ1) is 18.7. The van der Waals surface area contributed by atoms with Crippen molar-refractivity contribution in [1.82, 2.24) is 0 Å². The van der Waals surface area contributed by atoms with Crippen molar-refractivity contribution < 1.29 is 28.6 Å². The van der Waals surface area contributed by atoms with Gasteiger partial charge in [0.2, 0.25) is 23.1 Å². The van der Waals surface area contributed by atoms with E-state index < -0.39 is 0 Å². The van der Waals surface area contributed by atoms with Crippen LogP contribution in [0.25, 0.3) is 0 Å². The SMILES string of the molecule is COC(=O)CCC(C)=CCC1=C(C)C(=O)C(OC)=C(OC)C1=O. The molecule has 0 N–H and O–H groups in total. The molecule has 0 fully saturated rings. The van der Waals surface area contributed by atoms with Gasteiger partial charge in [-0.2, -0.15) is 0 Å². The van der Waals surface area contributed by atoms with Gasteiger partial charge in [0, 0.05) is 17.6 Å². The van der Waals surface area contributed by atoms with Gasteiger partial charge in [-0.25, -0.2) is 0 Å². The van der Waals surface area contributed by atoms with Gasteiger partial charge in [-0.05, 0) is 26.7 Å². The zero-order chi connectivity index (χ0) is 17.6. The summed E-state index contributed by atoms with van der Waals surface area (Å²) < 4.78 is 14.6. The maximum Gasteiger partial charge on any atom is 0.305 e. The molecule has 0 atom stereocenters. The Hall–Kier alpha value is -2.37. The van der Waals surface area contributed by atoms with E-state index in [9.17, 15) is 14.4 Å². The van der Waals surface area contributed by atoms with Crippen LogP contribution in [0.3, 0.4) is 0 Å². The number of hydrogen-bond donors (Lipinski definition) is 0. The van der Waals surface area contributed by atoms with Gasteiger partial charge in [-0.3, -0.25) is 14.4 Å². The van der Waals surface area contributed by atoms with Crippen LogP contribution in [0.5, 0.6) is 0 Å². The Kier molecular flexibility index (Phi) is 6.75. The van der Waals surface area contributed by atoms with Crippen LogP contribution in [0.15, 0.2) is 34.3 Å². The van der Waals surface area contributed by atoms with Gasteiger partial charge in [0.1, 0.15) is 0 Å². The summed E-state index contributed by atoms with van der Waals surface area (Å²) in [6.45, 7) is 3.46. The molecule has 0 bridgehead atoms. The predicted octanol–water partition coefficient (Wildman–Crippen LogP) is 2.25. The highest BCUT2D eigenvalue weighted by atomic mass is 16.5. The number of rotatable bonds is 7. The summed E-state index contributed by atoms with van der Waals surface area (Å²) in [6, 6.07) is 0. The van der Waals surface area contributed by atoms with Crippen LogP contribution >= 0.6 is 0 Å². The Morgan fingerprint density at radius 3 is 2.09 bits per heavy atom. The number of carbonyl (C=O) groups excluding carboxylic acids is 3. The normalized spacial score (nSPS) is 16.0. The number of ether oxygens (including phenoxy) is 3. The van der Waals surface area contributed by atoms with E-state index in [0.29, 0.717) is 24.0 Å². The Morgan fingerprint density at radius 2 is 1.57 bits per heavy atom. The standard InChI is InChI=1S/C17H22O6/c1-10(7-9-13(18)21-3)6-8-12-11(2)14(19)16(22-4)17(23-5)15(12)20/h6H,7-9H2,1-5H3. The first-order valence-electron chi connectivity index (χ1n) is 7.21. The fourth-order valence-corrected chi connectivity index (χ4v) is 2.22. The van der Waals surface area contributed by atoms with E-state index in [2.05, 4.69) is 4.74 Å². The number of allylic oxidation sites excluding steroid dienone is 4. The fourth-order valence-electron chi connectivity index (χ4n) is 2.22. The molecule has 1 aliphatic rings. The van der Waals surface area contributed by atoms with Crippen molar-refractivity contribution in [3.8, 4) is 0 Å². The van der Waals surface area contributed by atoms with Crippen molar-refractivity contribution in [2.45, 2.75) is 33.1 Å². The van der Waals surface area contributed by atoms with Crippen molar-refractivity contribution in [3.63, 3.8) is 0 Å². The molecular formula is C17H22O6. The van der Waals surface area contributed by atoms with Crippen molar-refractivity contribution >= 4 is 17.5 Å². The smallest absolute Gasteiger partial charge is 0.305 e. The van der Waals surface area contributed by atoms with Crippen LogP contribution in [0.2, 0.25) is 0 Å². The molecule has 0 saturated heterocycles. The molecule has 0 amide bonds. The topological polar surface area (TPSA) is 78.9 Å². The Labute approximate surface area is 135 Å². The van der Waals surface area contributed by atoms with E-state index in [1.165, 1.54) is 21.3 Å². The molecule has 0 saturated carbocycles. The second-order valence-electron chi connectivity index (χ2n) is 5.16. The van der Waals surface area contributed by atoms with Gasteiger partial charge >= 0.3 is 5.97 Å². The van der Waals surface area contributed by atoms with Crippen LogP contribution in [-0.2, 0) is 28.6 Å². The Balaban J connectivity index is 2.92. The van der Waals surface area contributed by atoms with Gasteiger partial charge in [-0.15, -0.1) is 0 Å². The van der Waals surface area contributed by atoms with Crippen molar-refractivity contribution in [2.24, 2.45) is 0 Å². The third-order valence-electron chi connectivity index (χ3n) is 3.70. The summed E-state index contributed by atoms with van der Waals surface area (Å²) in [6.07, 6.45) is 2.95. The number of ketones is 2. The van der Waals surface area contributed by atoms with E-state index in [4.69, 9.17) is 9.47 Å². The highest BCUT2D eigenvalue weighted by Gasteiger charge is 2.33. The van der Waals surface area contributed by atoms with E-state index in [0.717, 1.165) is 5.57 Å². The number of Topliss-reactive ketones (excluding diaryl/α,β-unsaturated/α-hetero) is 2. The van der Waals surface area contributed by atoms with Crippen molar-refractivity contribution in [1.29, 1.82) is 0 Å². The molecule has 23 heavy (non-hydrogen) atoms. The largest absolute Gasteiger partial charge is 0.489 e. The average molecular weight is 322 g/mol. The van der Waals surface area contributed by atoms with Crippen LogP contribution in [0, 0.1) is 0 Å². The zero-order valence-electron chi connectivity index (χ0n) is 14.1. The summed E-state index contributed by atoms with van der Waals surface area (Å²) in [5, 5.41) is 0. The minimum atomic E-state index is -0.349. The molecule has 1 aliphatic carbocycles. The molecule has 0 heterocycles. The average Bonchev–Trinajstić information content (AvgIpc) is 2.55. The second kappa shape index (κ2) is 8.31. The highest BCUT2D eigenvalue weighted by Crippen LogP contribution is 2.28. The number of hydrogen-bond acceptors (Lipinski definition) is 6. The Morgan fingerprint density at radius 1 is 1.00 bits per heavy atom. The molecule has 0 aromatic carbocycles. The van der Waals surface area contributed by atoms with Gasteiger partial charge in [0.05, 0.1) is 21.3 Å². The van der Waals surface area contributed by atoms with Gasteiger partial charge in [-0.1, -0.05) is 11.6 Å². The van der Waals surface area contributed by atoms with Crippen LogP contribution < -0.4 is 0 Å². The summed E-state index contributed by atoms with van der Waals surface area (Å²) >= 11 is 0. The second-order valence-corrected chi connectivity index (χ2v) is 5.16. The maximum atomic E-state index is 12.4. The number of esters is 1. The predicted molar refractivity (Wildman–Crippen MR) is 83.4 cm³/mol. The third-order valence-corrected chi connectivity index (χ3v) is 3.70. The maximum absolute atomic E-state index is 12.4. The van der Waals surface area contributed by atoms with Crippen LogP contribution in [0.1, 0.15) is 33.1 Å². The minimum Gasteiger partial charge on any atom is -0.489 e. The number of methoxy groups -OCH3 is 3. The Bertz CT molecular complexity index is 607. The molecule has 0 aromatic rings. The van der Waals surface area contributed by atoms with E-state index in [1.54, 1.807) is 6.92 Å². The lowest BCUT2D eigenvalue weighted by Crippen LogP contribution is -2.24. The molecule has 0 unspecified atom stereocenters. The number of carbonyl (C=O) groups is 3. The molecule has 0 spiro atoms. The first-order chi connectivity index (χ1) is 10.9. The quantitative estimate of drug-likeness (QED) is 0.406. The minimum absolute atomic E-state index is 0.0647. The van der Waals surface area contributed by atoms with Crippen molar-refractivity contribution in [3.05, 3.63) is 34.3 Å². The first-order valence-corrected chi connectivity index (χ1v) is 7.21. The summed E-state index contributed by atoms with van der Waals surface area (Å²) in [5.74, 6) is -1.12. The molecule has 6 heteroatoms. The zero-order valence-corrected chi connectivity index (χ0v) is 14.1. The van der Waals surface area contributed by atoms with Crippen molar-refractivity contribution in [2.75, 3.05) is 21.3 Å². The van der Waals surface area contributed by atoms with E-state index in [-0.39, 0.29) is 35.5 Å². The molecular weight excluding hydrogens is 300 g/mol. The van der Waals surface area contributed by atoms with Gasteiger partial charge < -0.3 is 14.2 Å². The lowest BCUT2D eigenvalue weighted by atomic mass is 9.90. The summed E-state index contributed by atoms with van der Waals surface area (Å²) in [5.41, 5.74) is 1.67. The molecule has 0 aromatic heterocycles. The molecule has 126 valence electrons. The molecule has 6 nitrogen and oxygen atoms in total. The van der Waals surface area contributed by atoms with E-state index >= 15 is 0 Å². The van der Waals surface area contributed by atoms with E-state index in [1.807, 2.05) is 13.0 Å². The third kappa shape index (κ3) is 4.31. The summed E-state index contributed by atoms with van der Waals surface area (Å²) in [4.78, 5) is 35.8. The molecule has 0 aliphatic heterocycles. The van der Waals surface area contributed by atoms with Gasteiger partial charge in [0.25, 0.3) is 0 Å². The lowest BCUT2D eigenvalue weighted by Gasteiger charge is -2.19. The lowest BCUT2D eigenvalue weighted by molar-refractivity contribution is -0.140. The molecule has 0 radical (unpaired) electrons. The fraction of sp³-hybridized carbons (Fsp3) is 0.471. The highest BCUT2D eigenvalue weighted by molar-refractivity contribution is 6.23. The monoisotopic (exact) mass is 322 g/mol. The summed E-state index contributed by atoms with van der Waals surface area (Å²) in [7, 11) is 4.00. The molecule has 1 rings (SSSR count).